The third kappa shape index (κ3) is 2.41. The number of rotatable bonds is 1. The molecular weight excluding hydrogens is 310 g/mol. The van der Waals surface area contributed by atoms with Gasteiger partial charge in [0.1, 0.15) is 11.3 Å². The second-order valence-electron chi connectivity index (χ2n) is 5.66. The molecule has 2 aromatic carbocycles. The molecule has 0 radical (unpaired) electrons. The quantitative estimate of drug-likeness (QED) is 0.664. The third-order valence-electron chi connectivity index (χ3n) is 4.01. The number of halogens is 1. The first-order valence-electron chi connectivity index (χ1n) is 7.35. The van der Waals surface area contributed by atoms with Crippen LogP contribution in [0.5, 0.6) is 0 Å². The van der Waals surface area contributed by atoms with E-state index >= 15 is 0 Å². The monoisotopic (exact) mass is 323 g/mol. The Morgan fingerprint density at radius 1 is 1.09 bits per heavy atom. The summed E-state index contributed by atoms with van der Waals surface area (Å²) in [6.45, 7) is 2.03. The number of para-hydroxylation sites is 1. The number of aryl methyl sites for hydroxylation is 1. The zero-order valence-corrected chi connectivity index (χ0v) is 13.2. The van der Waals surface area contributed by atoms with Crippen LogP contribution in [0.15, 0.2) is 48.5 Å². The predicted molar refractivity (Wildman–Crippen MR) is 91.8 cm³/mol. The van der Waals surface area contributed by atoms with Crippen molar-refractivity contribution in [1.29, 1.82) is 0 Å². The number of benzene rings is 2. The van der Waals surface area contributed by atoms with Crippen LogP contribution in [0.4, 0.5) is 5.69 Å². The predicted octanol–water partition coefficient (Wildman–Crippen LogP) is 4.05. The summed E-state index contributed by atoms with van der Waals surface area (Å²) in [5.74, 6) is -0.121. The molecule has 1 amide bonds. The van der Waals surface area contributed by atoms with E-state index < -0.39 is 6.17 Å². The van der Waals surface area contributed by atoms with Gasteiger partial charge in [0.2, 0.25) is 0 Å². The van der Waals surface area contributed by atoms with E-state index in [0.29, 0.717) is 10.7 Å². The maximum atomic E-state index is 12.3. The molecule has 1 atom stereocenters. The van der Waals surface area contributed by atoms with Crippen molar-refractivity contribution in [2.24, 2.45) is 0 Å². The van der Waals surface area contributed by atoms with Gasteiger partial charge in [0.05, 0.1) is 11.1 Å². The largest absolute Gasteiger partial charge is 0.361 e. The number of pyridine rings is 1. The molecule has 114 valence electrons. The van der Waals surface area contributed by atoms with Crippen molar-refractivity contribution in [3.05, 3.63) is 70.4 Å². The molecule has 0 aliphatic carbocycles. The van der Waals surface area contributed by atoms with Crippen LogP contribution in [0.1, 0.15) is 27.7 Å². The third-order valence-corrected chi connectivity index (χ3v) is 4.31. The van der Waals surface area contributed by atoms with Gasteiger partial charge in [0.25, 0.3) is 5.91 Å². The van der Waals surface area contributed by atoms with Crippen LogP contribution in [0.3, 0.4) is 0 Å². The minimum atomic E-state index is -0.401. The summed E-state index contributed by atoms with van der Waals surface area (Å²) >= 11 is 6.35. The molecular formula is C18H14ClN3O. The van der Waals surface area contributed by atoms with Crippen molar-refractivity contribution in [2.45, 2.75) is 13.1 Å². The number of carbonyl (C=O) groups is 1. The Labute approximate surface area is 138 Å². The Bertz CT molecular complexity index is 939. The van der Waals surface area contributed by atoms with Crippen LogP contribution in [-0.4, -0.2) is 10.9 Å². The Kier molecular flexibility index (Phi) is 3.20. The normalized spacial score (nSPS) is 16.6. The van der Waals surface area contributed by atoms with Crippen molar-refractivity contribution in [2.75, 3.05) is 5.32 Å². The summed E-state index contributed by atoms with van der Waals surface area (Å²) in [6.07, 6.45) is -0.401. The van der Waals surface area contributed by atoms with Gasteiger partial charge in [0, 0.05) is 16.6 Å². The smallest absolute Gasteiger partial charge is 0.255 e. The Morgan fingerprint density at radius 3 is 2.78 bits per heavy atom. The number of hydrogen-bond donors (Lipinski definition) is 2. The number of anilines is 1. The molecule has 2 N–H and O–H groups in total. The van der Waals surface area contributed by atoms with E-state index in [-0.39, 0.29) is 5.91 Å². The molecule has 0 saturated carbocycles. The van der Waals surface area contributed by atoms with Gasteiger partial charge in [-0.25, -0.2) is 4.98 Å². The van der Waals surface area contributed by atoms with E-state index in [0.717, 1.165) is 27.7 Å². The van der Waals surface area contributed by atoms with E-state index in [2.05, 4.69) is 21.7 Å². The van der Waals surface area contributed by atoms with E-state index in [4.69, 9.17) is 11.6 Å². The van der Waals surface area contributed by atoms with Gasteiger partial charge in [0.15, 0.2) is 0 Å². The topological polar surface area (TPSA) is 54.0 Å². The van der Waals surface area contributed by atoms with Crippen LogP contribution < -0.4 is 10.6 Å². The molecule has 0 spiro atoms. The number of nitrogens with zero attached hydrogens (tertiary/aromatic N) is 1. The first-order chi connectivity index (χ1) is 11.1. The van der Waals surface area contributed by atoms with Crippen LogP contribution in [0.25, 0.3) is 10.9 Å². The average molecular weight is 324 g/mol. The first-order valence-corrected chi connectivity index (χ1v) is 7.73. The van der Waals surface area contributed by atoms with Gasteiger partial charge in [-0.3, -0.25) is 4.79 Å². The SMILES string of the molecule is Cc1ccc2nc(Cl)c(C3NC(=O)c4ccccc4N3)cc2c1. The minimum Gasteiger partial charge on any atom is -0.361 e. The first kappa shape index (κ1) is 14.0. The van der Waals surface area contributed by atoms with Crippen LogP contribution in [-0.2, 0) is 0 Å². The molecule has 2 heterocycles. The zero-order valence-electron chi connectivity index (χ0n) is 12.4. The van der Waals surface area contributed by atoms with E-state index in [9.17, 15) is 4.79 Å². The highest BCUT2D eigenvalue weighted by Gasteiger charge is 2.26. The lowest BCUT2D eigenvalue weighted by atomic mass is 10.0. The van der Waals surface area contributed by atoms with E-state index in [1.165, 1.54) is 0 Å². The molecule has 3 aromatic rings. The van der Waals surface area contributed by atoms with Crippen molar-refractivity contribution < 1.29 is 4.79 Å². The fourth-order valence-electron chi connectivity index (χ4n) is 2.85. The summed E-state index contributed by atoms with van der Waals surface area (Å²) < 4.78 is 0. The number of amides is 1. The summed E-state index contributed by atoms with van der Waals surface area (Å²) in [4.78, 5) is 16.7. The van der Waals surface area contributed by atoms with Gasteiger partial charge in [-0.2, -0.15) is 0 Å². The Morgan fingerprint density at radius 2 is 1.91 bits per heavy atom. The average Bonchev–Trinajstić information content (AvgIpc) is 2.54. The van der Waals surface area contributed by atoms with Crippen LogP contribution in [0, 0.1) is 6.92 Å². The van der Waals surface area contributed by atoms with Crippen molar-refractivity contribution >= 4 is 34.1 Å². The summed E-state index contributed by atoms with van der Waals surface area (Å²) in [6, 6.07) is 15.4. The van der Waals surface area contributed by atoms with Gasteiger partial charge in [-0.15, -0.1) is 0 Å². The number of aromatic nitrogens is 1. The molecule has 0 saturated heterocycles. The number of nitrogens with one attached hydrogen (secondary N) is 2. The highest BCUT2D eigenvalue weighted by Crippen LogP contribution is 2.31. The lowest BCUT2D eigenvalue weighted by Crippen LogP contribution is -2.38. The highest BCUT2D eigenvalue weighted by molar-refractivity contribution is 6.30. The highest BCUT2D eigenvalue weighted by atomic mass is 35.5. The number of carbonyl (C=O) groups excluding carboxylic acids is 1. The molecule has 0 bridgehead atoms. The molecule has 4 rings (SSSR count). The lowest BCUT2D eigenvalue weighted by molar-refractivity contribution is 0.0935. The Balaban J connectivity index is 1.80. The van der Waals surface area contributed by atoms with Crippen LogP contribution in [0.2, 0.25) is 5.15 Å². The fraction of sp³-hybridized carbons (Fsp3) is 0.111. The standard InChI is InChI=1S/C18H14ClN3O/c1-10-6-7-14-11(8-10)9-13(16(19)20-14)17-21-15-5-3-2-4-12(15)18(23)22-17/h2-9,17,21H,1H3,(H,22,23). The second-order valence-corrected chi connectivity index (χ2v) is 6.02. The zero-order chi connectivity index (χ0) is 16.0. The maximum absolute atomic E-state index is 12.3. The van der Waals surface area contributed by atoms with E-state index in [1.807, 2.05) is 43.3 Å². The summed E-state index contributed by atoms with van der Waals surface area (Å²) in [5.41, 5.74) is 4.17. The van der Waals surface area contributed by atoms with Crippen molar-refractivity contribution in [3.8, 4) is 0 Å². The molecule has 5 heteroatoms. The van der Waals surface area contributed by atoms with Gasteiger partial charge >= 0.3 is 0 Å². The van der Waals surface area contributed by atoms with E-state index in [1.54, 1.807) is 6.07 Å². The van der Waals surface area contributed by atoms with Gasteiger partial charge in [-0.1, -0.05) is 35.4 Å². The van der Waals surface area contributed by atoms with Crippen molar-refractivity contribution in [3.63, 3.8) is 0 Å². The van der Waals surface area contributed by atoms with Crippen LogP contribution >= 0.6 is 11.6 Å². The molecule has 1 unspecified atom stereocenters. The molecule has 1 aliphatic heterocycles. The number of fused-ring (bicyclic) bond motifs is 2. The molecule has 1 aliphatic rings. The minimum absolute atomic E-state index is 0.121. The molecule has 23 heavy (non-hydrogen) atoms. The summed E-state index contributed by atoms with van der Waals surface area (Å²) in [5, 5.41) is 7.63. The molecule has 4 nitrogen and oxygen atoms in total. The molecule has 1 aromatic heterocycles. The van der Waals surface area contributed by atoms with Crippen molar-refractivity contribution in [1.82, 2.24) is 10.3 Å². The van der Waals surface area contributed by atoms with Gasteiger partial charge < -0.3 is 10.6 Å². The second kappa shape index (κ2) is 5.25. The summed E-state index contributed by atoms with van der Waals surface area (Å²) in [7, 11) is 0. The maximum Gasteiger partial charge on any atom is 0.255 e. The lowest BCUT2D eigenvalue weighted by Gasteiger charge is -2.28. The fourth-order valence-corrected chi connectivity index (χ4v) is 3.11. The Hall–Kier alpha value is -2.59. The molecule has 0 fully saturated rings. The van der Waals surface area contributed by atoms with Gasteiger partial charge in [-0.05, 0) is 37.3 Å². The number of hydrogen-bond acceptors (Lipinski definition) is 3.